The number of nitrogens with one attached hydrogen (secondary N) is 2. The number of piperidine rings is 1. The van der Waals surface area contributed by atoms with Gasteiger partial charge >= 0.3 is 0 Å². The van der Waals surface area contributed by atoms with Crippen LogP contribution >= 0.6 is 0 Å². The molecule has 1 aliphatic heterocycles. The molecule has 5 unspecified atom stereocenters. The van der Waals surface area contributed by atoms with Crippen molar-refractivity contribution < 1.29 is 4.79 Å². The highest BCUT2D eigenvalue weighted by atomic mass is 16.2. The maximum Gasteiger partial charge on any atom is 0.226 e. The van der Waals surface area contributed by atoms with Crippen LogP contribution in [0.2, 0.25) is 0 Å². The normalized spacial score (nSPS) is 48.2. The second-order valence-corrected chi connectivity index (χ2v) is 11.2. The molecule has 5 aliphatic carbocycles. The van der Waals surface area contributed by atoms with Gasteiger partial charge in [-0.05, 0) is 86.1 Å². The maximum atomic E-state index is 13.8. The van der Waals surface area contributed by atoms with E-state index in [1.165, 1.54) is 44.1 Å². The number of rotatable bonds is 4. The third-order valence-electron chi connectivity index (χ3n) is 9.45. The van der Waals surface area contributed by atoms with Gasteiger partial charge in [-0.3, -0.25) is 4.79 Å². The van der Waals surface area contributed by atoms with E-state index < -0.39 is 0 Å². The molecule has 6 bridgehead atoms. The average Bonchev–Trinajstić information content (AvgIpc) is 3.31. The Bertz CT molecular complexity index is 793. The number of hydrogen-bond acceptors (Lipinski definition) is 2. The Morgan fingerprint density at radius 2 is 1.93 bits per heavy atom. The predicted octanol–water partition coefficient (Wildman–Crippen LogP) is 4.17. The van der Waals surface area contributed by atoms with Crippen molar-refractivity contribution in [3.63, 3.8) is 0 Å². The van der Waals surface area contributed by atoms with E-state index in [0.717, 1.165) is 37.6 Å². The van der Waals surface area contributed by atoms with Crippen molar-refractivity contribution in [2.45, 2.75) is 82.2 Å². The van der Waals surface area contributed by atoms with E-state index in [-0.39, 0.29) is 10.8 Å². The van der Waals surface area contributed by atoms with E-state index >= 15 is 0 Å². The zero-order chi connectivity index (χ0) is 19.0. The molecule has 2 N–H and O–H groups in total. The van der Waals surface area contributed by atoms with Crippen LogP contribution in [0.25, 0.3) is 0 Å². The van der Waals surface area contributed by atoms with Gasteiger partial charge in [0, 0.05) is 12.1 Å². The van der Waals surface area contributed by atoms with Gasteiger partial charge < -0.3 is 10.6 Å². The van der Waals surface area contributed by atoms with Gasteiger partial charge in [-0.1, -0.05) is 43.7 Å². The average molecular weight is 379 g/mol. The molecule has 3 nitrogen and oxygen atoms in total. The van der Waals surface area contributed by atoms with Crippen LogP contribution in [0.4, 0.5) is 0 Å². The van der Waals surface area contributed by atoms with Gasteiger partial charge in [0.2, 0.25) is 5.91 Å². The summed E-state index contributed by atoms with van der Waals surface area (Å²) in [5.74, 6) is 1.90. The van der Waals surface area contributed by atoms with Gasteiger partial charge in [-0.15, -0.1) is 0 Å². The van der Waals surface area contributed by atoms with Gasteiger partial charge in [-0.2, -0.15) is 0 Å². The highest BCUT2D eigenvalue weighted by molar-refractivity contribution is 5.84. The summed E-state index contributed by atoms with van der Waals surface area (Å²) in [6.45, 7) is 3.53. The monoisotopic (exact) mass is 378 g/mol. The lowest BCUT2D eigenvalue weighted by molar-refractivity contribution is -0.164. The summed E-state index contributed by atoms with van der Waals surface area (Å²) in [6.07, 6.45) is 10.9. The Kier molecular flexibility index (Phi) is 3.65. The van der Waals surface area contributed by atoms with Crippen LogP contribution in [-0.4, -0.2) is 24.5 Å². The first kappa shape index (κ1) is 17.5. The molecule has 150 valence electrons. The van der Waals surface area contributed by atoms with Crippen LogP contribution in [-0.2, 0) is 10.2 Å². The third kappa shape index (κ3) is 2.41. The number of fused-ring (bicyclic) bond motifs is 2. The molecule has 28 heavy (non-hydrogen) atoms. The molecule has 6 aliphatic rings. The van der Waals surface area contributed by atoms with Crippen molar-refractivity contribution in [2.75, 3.05) is 6.54 Å². The minimum absolute atomic E-state index is 0.132. The highest BCUT2D eigenvalue weighted by Crippen LogP contribution is 2.71. The maximum absolute atomic E-state index is 13.8. The van der Waals surface area contributed by atoms with E-state index in [2.05, 4.69) is 47.9 Å². The van der Waals surface area contributed by atoms with Crippen LogP contribution in [0.5, 0.6) is 0 Å². The quantitative estimate of drug-likeness (QED) is 0.825. The summed E-state index contributed by atoms with van der Waals surface area (Å²) in [4.78, 5) is 13.8. The van der Waals surface area contributed by atoms with Gasteiger partial charge in [0.25, 0.3) is 0 Å². The van der Waals surface area contributed by atoms with Gasteiger partial charge in [0.1, 0.15) is 0 Å². The second-order valence-electron chi connectivity index (χ2n) is 11.2. The van der Waals surface area contributed by atoms with Crippen molar-refractivity contribution in [3.05, 3.63) is 35.9 Å². The van der Waals surface area contributed by atoms with E-state index in [1.807, 2.05) is 0 Å². The number of carbonyl (C=O) groups excluding carboxylic acids is 1. The summed E-state index contributed by atoms with van der Waals surface area (Å²) >= 11 is 0. The Labute approximate surface area is 169 Å². The van der Waals surface area contributed by atoms with Gasteiger partial charge in [0.05, 0.1) is 5.41 Å². The van der Waals surface area contributed by atoms with Crippen LogP contribution in [0.3, 0.4) is 0 Å². The number of carbonyl (C=O) groups is 1. The molecule has 7 atom stereocenters. The number of benzene rings is 1. The molecular formula is C25H34N2O. The third-order valence-corrected chi connectivity index (χ3v) is 9.45. The van der Waals surface area contributed by atoms with Gasteiger partial charge in [-0.25, -0.2) is 0 Å². The topological polar surface area (TPSA) is 41.1 Å². The highest BCUT2D eigenvalue weighted by Gasteiger charge is 2.65. The standard InChI is InChI=1S/C25H34N2O/c1-2-23-10-18-11-24(14-23,19-6-4-3-5-7-19)16-25(12-18,15-23)22(28)27-21-9-17-8-20(21)26-13-17/h3-7,17-18,20-21,26H,2,8-16H2,1H3,(H,27,28)/t17?,18?,20?,21?,23-,24-,25?/m1/s1. The Hall–Kier alpha value is -1.35. The van der Waals surface area contributed by atoms with E-state index in [1.54, 1.807) is 0 Å². The van der Waals surface area contributed by atoms with Crippen molar-refractivity contribution in [1.29, 1.82) is 0 Å². The summed E-state index contributed by atoms with van der Waals surface area (Å²) in [6, 6.07) is 12.1. The second kappa shape index (κ2) is 5.84. The van der Waals surface area contributed by atoms with Crippen LogP contribution < -0.4 is 10.6 Å². The zero-order valence-electron chi connectivity index (χ0n) is 17.2. The molecule has 1 aromatic carbocycles. The van der Waals surface area contributed by atoms with Crippen LogP contribution in [0.15, 0.2) is 30.3 Å². The molecule has 0 radical (unpaired) electrons. The molecule has 1 heterocycles. The first-order valence-electron chi connectivity index (χ1n) is 11.6. The molecule has 0 aromatic heterocycles. The van der Waals surface area contributed by atoms with E-state index in [0.29, 0.717) is 23.4 Å². The van der Waals surface area contributed by atoms with Crippen molar-refractivity contribution >= 4 is 5.91 Å². The van der Waals surface area contributed by atoms with Crippen LogP contribution in [0, 0.1) is 22.7 Å². The van der Waals surface area contributed by atoms with E-state index in [9.17, 15) is 4.79 Å². The molecule has 1 aromatic rings. The molecule has 3 heteroatoms. The summed E-state index contributed by atoms with van der Waals surface area (Å²) in [7, 11) is 0. The Morgan fingerprint density at radius 1 is 1.07 bits per heavy atom. The smallest absolute Gasteiger partial charge is 0.226 e. The molecule has 7 rings (SSSR count). The molecule has 0 spiro atoms. The first-order valence-corrected chi connectivity index (χ1v) is 11.6. The molecule has 1 amide bonds. The van der Waals surface area contributed by atoms with Crippen molar-refractivity contribution in [2.24, 2.45) is 22.7 Å². The summed E-state index contributed by atoms with van der Waals surface area (Å²) < 4.78 is 0. The Balaban J connectivity index is 1.34. The minimum atomic E-state index is -0.132. The summed E-state index contributed by atoms with van der Waals surface area (Å²) in [5.41, 5.74) is 1.96. The fourth-order valence-corrected chi connectivity index (χ4v) is 8.73. The van der Waals surface area contributed by atoms with Crippen molar-refractivity contribution in [3.8, 4) is 0 Å². The first-order chi connectivity index (χ1) is 13.5. The lowest BCUT2D eigenvalue weighted by Gasteiger charge is -2.66. The molecular weight excluding hydrogens is 344 g/mol. The predicted molar refractivity (Wildman–Crippen MR) is 111 cm³/mol. The minimum Gasteiger partial charge on any atom is -0.351 e. The van der Waals surface area contributed by atoms with Crippen molar-refractivity contribution in [1.82, 2.24) is 10.6 Å². The Morgan fingerprint density at radius 3 is 2.64 bits per heavy atom. The van der Waals surface area contributed by atoms with E-state index in [4.69, 9.17) is 0 Å². The largest absolute Gasteiger partial charge is 0.351 e. The number of amides is 1. The zero-order valence-corrected chi connectivity index (χ0v) is 17.2. The summed E-state index contributed by atoms with van der Waals surface area (Å²) in [5, 5.41) is 7.20. The molecule has 1 saturated heterocycles. The molecule has 5 saturated carbocycles. The SMILES string of the molecule is CC[C@]12CC3CC(C(=O)NC4CC5CNC4C5)(C1)C[C@@](c1ccccc1)(C3)C2. The molecule has 6 fully saturated rings. The van der Waals surface area contributed by atoms with Gasteiger partial charge in [0.15, 0.2) is 0 Å². The van der Waals surface area contributed by atoms with Crippen LogP contribution in [0.1, 0.15) is 70.3 Å². The fraction of sp³-hybridized carbons (Fsp3) is 0.720. The number of hydrogen-bond donors (Lipinski definition) is 2. The lowest BCUT2D eigenvalue weighted by Crippen LogP contribution is -2.64. The fourth-order valence-electron chi connectivity index (χ4n) is 8.73. The lowest BCUT2D eigenvalue weighted by atomic mass is 9.38.